The number of benzene rings is 2. The molecule has 4 rings (SSSR count). The SMILES string of the molecule is CSc1cccc(NC(=O)[C@H]2CCCN(c3ccc(=O)n(-c4cccc(Cl)c4)n3)C2)c1. The van der Waals surface area contributed by atoms with Crippen molar-refractivity contribution in [1.82, 2.24) is 9.78 Å². The van der Waals surface area contributed by atoms with E-state index in [1.165, 1.54) is 10.7 Å². The Morgan fingerprint density at radius 1 is 1.16 bits per heavy atom. The molecule has 1 aromatic heterocycles. The fourth-order valence-corrected chi connectivity index (χ4v) is 4.35. The van der Waals surface area contributed by atoms with E-state index >= 15 is 0 Å². The Labute approximate surface area is 190 Å². The van der Waals surface area contributed by atoms with Crippen molar-refractivity contribution in [3.8, 4) is 5.69 Å². The highest BCUT2D eigenvalue weighted by Gasteiger charge is 2.27. The second-order valence-corrected chi connectivity index (χ2v) is 8.74. The Morgan fingerprint density at radius 3 is 2.81 bits per heavy atom. The first kappa shape index (κ1) is 21.5. The van der Waals surface area contributed by atoms with Crippen LogP contribution in [0.15, 0.2) is 70.4 Å². The van der Waals surface area contributed by atoms with Crippen molar-refractivity contribution in [3.05, 3.63) is 76.0 Å². The van der Waals surface area contributed by atoms with Gasteiger partial charge in [-0.3, -0.25) is 9.59 Å². The van der Waals surface area contributed by atoms with Gasteiger partial charge in [0.2, 0.25) is 5.91 Å². The highest BCUT2D eigenvalue weighted by molar-refractivity contribution is 7.98. The van der Waals surface area contributed by atoms with E-state index in [1.807, 2.05) is 30.5 Å². The third-order valence-electron chi connectivity index (χ3n) is 5.29. The van der Waals surface area contributed by atoms with Gasteiger partial charge in [0.05, 0.1) is 11.6 Å². The molecule has 0 bridgehead atoms. The quantitative estimate of drug-likeness (QED) is 0.576. The summed E-state index contributed by atoms with van der Waals surface area (Å²) < 4.78 is 1.35. The van der Waals surface area contributed by atoms with Crippen LogP contribution in [0, 0.1) is 5.92 Å². The highest BCUT2D eigenvalue weighted by atomic mass is 35.5. The third-order valence-corrected chi connectivity index (χ3v) is 6.25. The summed E-state index contributed by atoms with van der Waals surface area (Å²) in [6.07, 6.45) is 3.70. The number of anilines is 2. The second kappa shape index (κ2) is 9.58. The molecule has 0 unspecified atom stereocenters. The van der Waals surface area contributed by atoms with E-state index in [0.29, 0.717) is 23.1 Å². The molecule has 1 saturated heterocycles. The Kier molecular flexibility index (Phi) is 6.63. The number of halogens is 1. The normalized spacial score (nSPS) is 16.2. The van der Waals surface area contributed by atoms with Gasteiger partial charge in [0, 0.05) is 34.8 Å². The molecule has 0 spiro atoms. The summed E-state index contributed by atoms with van der Waals surface area (Å²) in [7, 11) is 0. The van der Waals surface area contributed by atoms with Crippen LogP contribution in [0.3, 0.4) is 0 Å². The maximum Gasteiger partial charge on any atom is 0.271 e. The average molecular weight is 455 g/mol. The van der Waals surface area contributed by atoms with Crippen LogP contribution in [0.1, 0.15) is 12.8 Å². The molecule has 1 aliphatic heterocycles. The van der Waals surface area contributed by atoms with Crippen molar-refractivity contribution < 1.29 is 4.79 Å². The Bertz CT molecular complexity index is 1150. The highest BCUT2D eigenvalue weighted by Crippen LogP contribution is 2.24. The molecule has 8 heteroatoms. The Balaban J connectivity index is 1.51. The minimum absolute atomic E-state index is 0.00566. The van der Waals surface area contributed by atoms with Gasteiger partial charge in [0.15, 0.2) is 0 Å². The van der Waals surface area contributed by atoms with Gasteiger partial charge in [-0.1, -0.05) is 23.7 Å². The van der Waals surface area contributed by atoms with Gasteiger partial charge in [-0.15, -0.1) is 16.9 Å². The van der Waals surface area contributed by atoms with Crippen LogP contribution in [-0.2, 0) is 4.79 Å². The lowest BCUT2D eigenvalue weighted by atomic mass is 9.97. The first-order valence-corrected chi connectivity index (χ1v) is 11.7. The summed E-state index contributed by atoms with van der Waals surface area (Å²) in [5.74, 6) is 0.521. The lowest BCUT2D eigenvalue weighted by Crippen LogP contribution is -2.41. The molecule has 0 aliphatic carbocycles. The van der Waals surface area contributed by atoms with Crippen LogP contribution < -0.4 is 15.8 Å². The molecular weight excluding hydrogens is 432 g/mol. The van der Waals surface area contributed by atoms with Gasteiger partial charge in [-0.25, -0.2) is 0 Å². The van der Waals surface area contributed by atoms with E-state index in [4.69, 9.17) is 11.6 Å². The van der Waals surface area contributed by atoms with Crippen molar-refractivity contribution >= 4 is 40.8 Å². The van der Waals surface area contributed by atoms with Gasteiger partial charge < -0.3 is 10.2 Å². The van der Waals surface area contributed by atoms with Crippen molar-refractivity contribution in [2.24, 2.45) is 5.92 Å². The molecule has 6 nitrogen and oxygen atoms in total. The van der Waals surface area contributed by atoms with E-state index in [0.717, 1.165) is 30.0 Å². The predicted molar refractivity (Wildman–Crippen MR) is 127 cm³/mol. The van der Waals surface area contributed by atoms with Crippen LogP contribution in [0.25, 0.3) is 5.69 Å². The van der Waals surface area contributed by atoms with Gasteiger partial charge in [-0.05, 0) is 61.6 Å². The number of thioether (sulfide) groups is 1. The van der Waals surface area contributed by atoms with E-state index in [9.17, 15) is 9.59 Å². The number of nitrogens with zero attached hydrogens (tertiary/aromatic N) is 3. The van der Waals surface area contributed by atoms with Crippen LogP contribution in [0.5, 0.6) is 0 Å². The standard InChI is InChI=1S/C23H23ClN4O2S/c1-31-20-9-3-7-18(14-20)25-23(30)16-5-4-12-27(15-16)21-10-11-22(29)28(26-21)19-8-2-6-17(24)13-19/h2-3,6-11,13-14,16H,4-5,12,15H2,1H3,(H,25,30)/t16-/m0/s1. The number of aromatic nitrogens is 2. The molecule has 160 valence electrons. The number of hydrogen-bond donors (Lipinski definition) is 1. The molecule has 1 aliphatic rings. The van der Waals surface area contributed by atoms with E-state index in [1.54, 1.807) is 42.1 Å². The Morgan fingerprint density at radius 2 is 2.00 bits per heavy atom. The zero-order valence-corrected chi connectivity index (χ0v) is 18.7. The summed E-state index contributed by atoms with van der Waals surface area (Å²) in [5.41, 5.74) is 1.19. The number of amides is 1. The summed E-state index contributed by atoms with van der Waals surface area (Å²) in [4.78, 5) is 28.4. The molecule has 2 heterocycles. The molecule has 1 N–H and O–H groups in total. The smallest absolute Gasteiger partial charge is 0.271 e. The monoisotopic (exact) mass is 454 g/mol. The minimum atomic E-state index is -0.231. The lowest BCUT2D eigenvalue weighted by molar-refractivity contribution is -0.120. The first-order valence-electron chi connectivity index (χ1n) is 10.1. The number of carbonyl (C=O) groups is 1. The van der Waals surface area contributed by atoms with Gasteiger partial charge in [0.1, 0.15) is 5.82 Å². The van der Waals surface area contributed by atoms with Crippen LogP contribution in [0.2, 0.25) is 5.02 Å². The number of nitrogens with one attached hydrogen (secondary N) is 1. The number of piperidine rings is 1. The van der Waals surface area contributed by atoms with E-state index < -0.39 is 0 Å². The van der Waals surface area contributed by atoms with Gasteiger partial charge in [0.25, 0.3) is 5.56 Å². The largest absolute Gasteiger partial charge is 0.354 e. The Hall–Kier alpha value is -2.77. The summed E-state index contributed by atoms with van der Waals surface area (Å²) >= 11 is 7.72. The van der Waals surface area contributed by atoms with Crippen molar-refractivity contribution in [2.75, 3.05) is 29.6 Å². The maximum atomic E-state index is 12.9. The molecule has 0 saturated carbocycles. The second-order valence-electron chi connectivity index (χ2n) is 7.43. The molecule has 3 aromatic rings. The summed E-state index contributed by atoms with van der Waals surface area (Å²) in [6.45, 7) is 1.33. The van der Waals surface area contributed by atoms with E-state index in [2.05, 4.69) is 15.3 Å². The van der Waals surface area contributed by atoms with Crippen molar-refractivity contribution in [1.29, 1.82) is 0 Å². The summed E-state index contributed by atoms with van der Waals surface area (Å²) in [5, 5.41) is 8.13. The van der Waals surface area contributed by atoms with Crippen molar-refractivity contribution in [2.45, 2.75) is 17.7 Å². The number of hydrogen-bond acceptors (Lipinski definition) is 5. The van der Waals surface area contributed by atoms with Crippen molar-refractivity contribution in [3.63, 3.8) is 0 Å². The zero-order chi connectivity index (χ0) is 21.8. The molecule has 1 atom stereocenters. The van der Waals surface area contributed by atoms with Gasteiger partial charge in [-0.2, -0.15) is 4.68 Å². The number of carbonyl (C=O) groups excluding carboxylic acids is 1. The lowest BCUT2D eigenvalue weighted by Gasteiger charge is -2.33. The van der Waals surface area contributed by atoms with Gasteiger partial charge >= 0.3 is 0 Å². The molecule has 31 heavy (non-hydrogen) atoms. The molecule has 2 aromatic carbocycles. The predicted octanol–water partition coefficient (Wildman–Crippen LogP) is 4.46. The number of rotatable bonds is 5. The average Bonchev–Trinajstić information content (AvgIpc) is 2.79. The van der Waals surface area contributed by atoms with Crippen LogP contribution >= 0.6 is 23.4 Å². The summed E-state index contributed by atoms with van der Waals surface area (Å²) in [6, 6.07) is 18.1. The van der Waals surface area contributed by atoms with Crippen LogP contribution in [0.4, 0.5) is 11.5 Å². The van der Waals surface area contributed by atoms with E-state index in [-0.39, 0.29) is 17.4 Å². The molecule has 1 fully saturated rings. The maximum absolute atomic E-state index is 12.9. The fourth-order valence-electron chi connectivity index (χ4n) is 3.71. The topological polar surface area (TPSA) is 67.2 Å². The molecule has 0 radical (unpaired) electrons. The molecule has 1 amide bonds. The third kappa shape index (κ3) is 5.11. The fraction of sp³-hybridized carbons (Fsp3) is 0.261. The van der Waals surface area contributed by atoms with Crippen LogP contribution in [-0.4, -0.2) is 35.0 Å². The molecular formula is C23H23ClN4O2S. The first-order chi connectivity index (χ1) is 15.0. The zero-order valence-electron chi connectivity index (χ0n) is 17.1. The minimum Gasteiger partial charge on any atom is -0.354 e.